The van der Waals surface area contributed by atoms with E-state index >= 15 is 0 Å². The Kier molecular flexibility index (Phi) is 6.65. The number of hydrogen-bond acceptors (Lipinski definition) is 8. The van der Waals surface area contributed by atoms with E-state index in [9.17, 15) is 13.2 Å². The van der Waals surface area contributed by atoms with Crippen LogP contribution in [0.1, 0.15) is 28.9 Å². The number of aromatic nitrogens is 2. The molecule has 1 amide bonds. The van der Waals surface area contributed by atoms with Gasteiger partial charge in [0.15, 0.2) is 0 Å². The molecule has 11 heteroatoms. The van der Waals surface area contributed by atoms with Crippen LogP contribution in [0.5, 0.6) is 11.5 Å². The lowest BCUT2D eigenvalue weighted by Gasteiger charge is -2.17. The highest BCUT2D eigenvalue weighted by molar-refractivity contribution is 7.91. The monoisotopic (exact) mass is 448 g/mol. The van der Waals surface area contributed by atoms with E-state index in [0.717, 1.165) is 11.3 Å². The van der Waals surface area contributed by atoms with Crippen LogP contribution in [0.4, 0.5) is 5.13 Å². The molecule has 2 aromatic carbocycles. The fourth-order valence-electron chi connectivity index (χ4n) is 2.65. The molecule has 0 saturated carbocycles. The molecule has 0 radical (unpaired) electrons. The summed E-state index contributed by atoms with van der Waals surface area (Å²) in [5.41, 5.74) is 1.02. The van der Waals surface area contributed by atoms with Crippen molar-refractivity contribution in [1.29, 1.82) is 0 Å². The number of nitrogens with one attached hydrogen (secondary N) is 2. The minimum Gasteiger partial charge on any atom is -0.497 e. The number of hydrogen-bond donors (Lipinski definition) is 2. The first kappa shape index (κ1) is 21.7. The van der Waals surface area contributed by atoms with E-state index in [1.807, 2.05) is 0 Å². The van der Waals surface area contributed by atoms with Gasteiger partial charge in [-0.25, -0.2) is 13.1 Å². The topological polar surface area (TPSA) is 120 Å². The third-order valence-corrected chi connectivity index (χ3v) is 6.87. The maximum absolute atomic E-state index is 12.8. The number of anilines is 1. The predicted octanol–water partition coefficient (Wildman–Crippen LogP) is 2.85. The van der Waals surface area contributed by atoms with Crippen LogP contribution in [0, 0.1) is 0 Å². The number of amides is 1. The van der Waals surface area contributed by atoms with Crippen LogP contribution in [-0.2, 0) is 10.0 Å². The summed E-state index contributed by atoms with van der Waals surface area (Å²) < 4.78 is 38.3. The van der Waals surface area contributed by atoms with Gasteiger partial charge in [-0.2, -0.15) is 0 Å². The Labute approximate surface area is 178 Å². The SMILES string of the molecule is COc1ccc(OC)c([C@H](C)NS(=O)(=O)c2nnc(NC(=O)c3ccccc3)s2)c1. The molecule has 1 atom stereocenters. The predicted molar refractivity (Wildman–Crippen MR) is 113 cm³/mol. The number of carbonyl (C=O) groups excluding carboxylic acids is 1. The summed E-state index contributed by atoms with van der Waals surface area (Å²) in [4.78, 5) is 12.2. The van der Waals surface area contributed by atoms with Gasteiger partial charge in [-0.05, 0) is 37.3 Å². The molecule has 158 valence electrons. The lowest BCUT2D eigenvalue weighted by molar-refractivity contribution is 0.102. The van der Waals surface area contributed by atoms with Crippen LogP contribution < -0.4 is 19.5 Å². The first-order valence-corrected chi connectivity index (χ1v) is 11.1. The summed E-state index contributed by atoms with van der Waals surface area (Å²) in [6, 6.07) is 13.0. The first-order valence-electron chi connectivity index (χ1n) is 8.78. The molecule has 0 unspecified atom stereocenters. The maximum Gasteiger partial charge on any atom is 0.270 e. The number of rotatable bonds is 8. The molecule has 0 aliphatic heterocycles. The van der Waals surface area contributed by atoms with Crippen molar-refractivity contribution in [1.82, 2.24) is 14.9 Å². The molecule has 1 heterocycles. The molecule has 3 aromatic rings. The van der Waals surface area contributed by atoms with E-state index in [1.165, 1.54) is 14.2 Å². The molecule has 9 nitrogen and oxygen atoms in total. The Morgan fingerprint density at radius 1 is 1.07 bits per heavy atom. The van der Waals surface area contributed by atoms with E-state index in [0.29, 0.717) is 22.6 Å². The summed E-state index contributed by atoms with van der Waals surface area (Å²) in [5.74, 6) is 0.677. The van der Waals surface area contributed by atoms with Gasteiger partial charge >= 0.3 is 0 Å². The maximum atomic E-state index is 12.8. The van der Waals surface area contributed by atoms with Crippen molar-refractivity contribution in [3.05, 3.63) is 59.7 Å². The zero-order valence-electron chi connectivity index (χ0n) is 16.4. The van der Waals surface area contributed by atoms with Gasteiger partial charge in [0, 0.05) is 17.2 Å². The van der Waals surface area contributed by atoms with Gasteiger partial charge in [0.1, 0.15) is 11.5 Å². The van der Waals surface area contributed by atoms with Gasteiger partial charge in [0.2, 0.25) is 9.47 Å². The smallest absolute Gasteiger partial charge is 0.270 e. The van der Waals surface area contributed by atoms with E-state index in [2.05, 4.69) is 20.2 Å². The van der Waals surface area contributed by atoms with Crippen molar-refractivity contribution >= 4 is 32.4 Å². The fourth-order valence-corrected chi connectivity index (χ4v) is 4.79. The summed E-state index contributed by atoms with van der Waals surface area (Å²) in [7, 11) is -0.965. The number of nitrogens with zero attached hydrogens (tertiary/aromatic N) is 2. The molecule has 0 aliphatic carbocycles. The average Bonchev–Trinajstić information content (AvgIpc) is 3.23. The van der Waals surface area contributed by atoms with Crippen LogP contribution in [0.15, 0.2) is 52.9 Å². The molecule has 0 bridgehead atoms. The second-order valence-electron chi connectivity index (χ2n) is 6.14. The molecule has 2 N–H and O–H groups in total. The summed E-state index contributed by atoms with van der Waals surface area (Å²) >= 11 is 0.757. The highest BCUT2D eigenvalue weighted by atomic mass is 32.2. The largest absolute Gasteiger partial charge is 0.497 e. The van der Waals surface area contributed by atoms with Gasteiger partial charge in [0.25, 0.3) is 15.9 Å². The minimum absolute atomic E-state index is 0.0795. The second kappa shape index (κ2) is 9.20. The number of sulfonamides is 1. The molecule has 1 aromatic heterocycles. The molecule has 0 fully saturated rings. The molecular weight excluding hydrogens is 428 g/mol. The second-order valence-corrected chi connectivity index (χ2v) is 9.01. The Morgan fingerprint density at radius 2 is 1.80 bits per heavy atom. The zero-order chi connectivity index (χ0) is 21.7. The standard InChI is InChI=1S/C19H20N4O5S2/c1-12(15-11-14(27-2)9-10-16(15)28-3)23-30(25,26)19-22-21-18(29-19)20-17(24)13-7-5-4-6-8-13/h4-12,23H,1-3H3,(H,20,21,24)/t12-/m0/s1. The van der Waals surface area contributed by atoms with Crippen LogP contribution in [0.25, 0.3) is 0 Å². The molecule has 0 saturated heterocycles. The Balaban J connectivity index is 1.76. The molecule has 3 rings (SSSR count). The quantitative estimate of drug-likeness (QED) is 0.509. The Hall–Kier alpha value is -3.02. The van der Waals surface area contributed by atoms with Crippen molar-refractivity contribution < 1.29 is 22.7 Å². The zero-order valence-corrected chi connectivity index (χ0v) is 18.1. The average molecular weight is 449 g/mol. The lowest BCUT2D eigenvalue weighted by Crippen LogP contribution is -2.27. The molecule has 0 spiro atoms. The Morgan fingerprint density at radius 3 is 2.47 bits per heavy atom. The van der Waals surface area contributed by atoms with Gasteiger partial charge in [-0.15, -0.1) is 10.2 Å². The fraction of sp³-hybridized carbons (Fsp3) is 0.211. The van der Waals surface area contributed by atoms with Crippen molar-refractivity contribution in [2.45, 2.75) is 17.3 Å². The van der Waals surface area contributed by atoms with E-state index in [1.54, 1.807) is 55.5 Å². The van der Waals surface area contributed by atoms with Crippen LogP contribution >= 0.6 is 11.3 Å². The number of ether oxygens (including phenoxy) is 2. The number of methoxy groups -OCH3 is 2. The molecular formula is C19H20N4O5S2. The third-order valence-electron chi connectivity index (χ3n) is 4.13. The lowest BCUT2D eigenvalue weighted by atomic mass is 10.1. The molecule has 30 heavy (non-hydrogen) atoms. The molecule has 0 aliphatic rings. The minimum atomic E-state index is -3.98. The van der Waals surface area contributed by atoms with E-state index < -0.39 is 22.0 Å². The van der Waals surface area contributed by atoms with Gasteiger partial charge in [0.05, 0.1) is 14.2 Å². The van der Waals surface area contributed by atoms with Crippen LogP contribution in [-0.4, -0.2) is 38.7 Å². The van der Waals surface area contributed by atoms with E-state index in [4.69, 9.17) is 9.47 Å². The highest BCUT2D eigenvalue weighted by Gasteiger charge is 2.25. The van der Waals surface area contributed by atoms with Gasteiger partial charge in [-0.3, -0.25) is 10.1 Å². The van der Waals surface area contributed by atoms with Crippen LogP contribution in [0.3, 0.4) is 0 Å². The van der Waals surface area contributed by atoms with E-state index in [-0.39, 0.29) is 9.47 Å². The summed E-state index contributed by atoms with van der Waals surface area (Å²) in [6.07, 6.45) is 0. The third kappa shape index (κ3) is 4.93. The highest BCUT2D eigenvalue weighted by Crippen LogP contribution is 2.30. The van der Waals surface area contributed by atoms with Gasteiger partial charge in [-0.1, -0.05) is 29.5 Å². The number of benzene rings is 2. The van der Waals surface area contributed by atoms with Crippen molar-refractivity contribution in [2.75, 3.05) is 19.5 Å². The summed E-state index contributed by atoms with van der Waals surface area (Å²) in [6.45, 7) is 1.67. The normalized spacial score (nSPS) is 12.2. The Bertz CT molecular complexity index is 1130. The van der Waals surface area contributed by atoms with Crippen molar-refractivity contribution in [3.63, 3.8) is 0 Å². The van der Waals surface area contributed by atoms with Crippen molar-refractivity contribution in [3.8, 4) is 11.5 Å². The number of carbonyl (C=O) groups is 1. The van der Waals surface area contributed by atoms with Crippen LogP contribution in [0.2, 0.25) is 0 Å². The summed E-state index contributed by atoms with van der Waals surface area (Å²) in [5, 5.41) is 10.1. The van der Waals surface area contributed by atoms with Gasteiger partial charge < -0.3 is 9.47 Å². The van der Waals surface area contributed by atoms with Crippen molar-refractivity contribution in [2.24, 2.45) is 0 Å². The first-order chi connectivity index (χ1) is 14.3.